The second kappa shape index (κ2) is 7.32. The van der Waals surface area contributed by atoms with E-state index in [4.69, 9.17) is 4.74 Å². The molecular weight excluding hydrogens is 358 g/mol. The zero-order valence-electron chi connectivity index (χ0n) is 15.0. The number of aromatic nitrogens is 2. The van der Waals surface area contributed by atoms with Crippen molar-refractivity contribution in [3.63, 3.8) is 0 Å². The maximum absolute atomic E-state index is 12.6. The first-order valence-corrected chi connectivity index (χ1v) is 9.50. The Bertz CT molecular complexity index is 1120. The summed E-state index contributed by atoms with van der Waals surface area (Å²) in [4.78, 5) is 20.3. The lowest BCUT2D eigenvalue weighted by atomic mass is 10.1. The van der Waals surface area contributed by atoms with Crippen LogP contribution in [0, 0.1) is 0 Å². The third-order valence-corrected chi connectivity index (χ3v) is 5.33. The van der Waals surface area contributed by atoms with Gasteiger partial charge >= 0.3 is 0 Å². The molecule has 0 aliphatic heterocycles. The third-order valence-electron chi connectivity index (χ3n) is 4.34. The smallest absolute Gasteiger partial charge is 0.237 e. The summed E-state index contributed by atoms with van der Waals surface area (Å²) < 4.78 is 5.23. The van der Waals surface area contributed by atoms with Crippen molar-refractivity contribution < 1.29 is 9.53 Å². The SMILES string of the molecule is COc1ccc2nc(SC(C)C(=O)Nc3ccc4ccccc4c3)[nH]c2c1. The summed E-state index contributed by atoms with van der Waals surface area (Å²) in [6, 6.07) is 19.7. The Labute approximate surface area is 161 Å². The molecule has 5 nitrogen and oxygen atoms in total. The lowest BCUT2D eigenvalue weighted by molar-refractivity contribution is -0.115. The summed E-state index contributed by atoms with van der Waals surface area (Å²) in [5.41, 5.74) is 2.53. The predicted octanol–water partition coefficient (Wildman–Crippen LogP) is 4.84. The van der Waals surface area contributed by atoms with Crippen LogP contribution in [0.5, 0.6) is 5.75 Å². The van der Waals surface area contributed by atoms with Crippen molar-refractivity contribution in [3.8, 4) is 5.75 Å². The number of amides is 1. The summed E-state index contributed by atoms with van der Waals surface area (Å²) >= 11 is 1.39. The van der Waals surface area contributed by atoms with E-state index in [0.29, 0.717) is 5.16 Å². The van der Waals surface area contributed by atoms with Gasteiger partial charge in [0.05, 0.1) is 23.4 Å². The van der Waals surface area contributed by atoms with E-state index in [1.165, 1.54) is 11.8 Å². The van der Waals surface area contributed by atoms with E-state index >= 15 is 0 Å². The Morgan fingerprint density at radius 1 is 1.11 bits per heavy atom. The minimum absolute atomic E-state index is 0.0617. The molecule has 3 aromatic carbocycles. The molecule has 4 rings (SSSR count). The van der Waals surface area contributed by atoms with Gasteiger partial charge in [-0.25, -0.2) is 4.98 Å². The van der Waals surface area contributed by atoms with E-state index in [0.717, 1.165) is 33.2 Å². The van der Waals surface area contributed by atoms with E-state index in [1.807, 2.05) is 61.5 Å². The van der Waals surface area contributed by atoms with Gasteiger partial charge in [-0.2, -0.15) is 0 Å². The minimum atomic E-state index is -0.293. The second-order valence-electron chi connectivity index (χ2n) is 6.24. The highest BCUT2D eigenvalue weighted by Crippen LogP contribution is 2.27. The fourth-order valence-electron chi connectivity index (χ4n) is 2.88. The number of nitrogens with one attached hydrogen (secondary N) is 2. The van der Waals surface area contributed by atoms with Gasteiger partial charge in [0.1, 0.15) is 5.75 Å². The van der Waals surface area contributed by atoms with Crippen molar-refractivity contribution in [1.29, 1.82) is 0 Å². The molecule has 1 unspecified atom stereocenters. The normalized spacial score (nSPS) is 12.2. The average molecular weight is 377 g/mol. The molecule has 0 radical (unpaired) electrons. The summed E-state index contributed by atoms with van der Waals surface area (Å²) in [5, 5.41) is 5.65. The molecule has 1 amide bonds. The van der Waals surface area contributed by atoms with Crippen molar-refractivity contribution >= 4 is 45.2 Å². The number of carbonyl (C=O) groups excluding carboxylic acids is 1. The van der Waals surface area contributed by atoms with Crippen molar-refractivity contribution in [1.82, 2.24) is 9.97 Å². The lowest BCUT2D eigenvalue weighted by Gasteiger charge is -2.11. The van der Waals surface area contributed by atoms with Gasteiger partial charge in [0.15, 0.2) is 5.16 Å². The molecule has 1 aromatic heterocycles. The molecule has 1 heterocycles. The average Bonchev–Trinajstić information content (AvgIpc) is 3.09. The summed E-state index contributed by atoms with van der Waals surface area (Å²) in [6.45, 7) is 1.87. The number of nitrogens with zero attached hydrogens (tertiary/aromatic N) is 1. The van der Waals surface area contributed by atoms with Crippen LogP contribution in [0.2, 0.25) is 0 Å². The van der Waals surface area contributed by atoms with Crippen LogP contribution >= 0.6 is 11.8 Å². The fraction of sp³-hybridized carbons (Fsp3) is 0.143. The molecule has 0 aliphatic rings. The van der Waals surface area contributed by atoms with E-state index in [-0.39, 0.29) is 11.2 Å². The number of hydrogen-bond acceptors (Lipinski definition) is 4. The van der Waals surface area contributed by atoms with E-state index < -0.39 is 0 Å². The van der Waals surface area contributed by atoms with Crippen LogP contribution in [0.3, 0.4) is 0 Å². The van der Waals surface area contributed by atoms with Crippen LogP contribution in [-0.2, 0) is 4.79 Å². The summed E-state index contributed by atoms with van der Waals surface area (Å²) in [5.74, 6) is 0.707. The van der Waals surface area contributed by atoms with Gasteiger partial charge in [0, 0.05) is 11.8 Å². The lowest BCUT2D eigenvalue weighted by Crippen LogP contribution is -2.22. The van der Waals surface area contributed by atoms with Crippen molar-refractivity contribution in [2.24, 2.45) is 0 Å². The highest BCUT2D eigenvalue weighted by molar-refractivity contribution is 8.00. The Morgan fingerprint density at radius 3 is 2.74 bits per heavy atom. The molecule has 0 aliphatic carbocycles. The molecule has 6 heteroatoms. The molecule has 2 N–H and O–H groups in total. The molecular formula is C21H19N3O2S. The van der Waals surface area contributed by atoms with Gasteiger partial charge in [-0.15, -0.1) is 0 Å². The first kappa shape index (κ1) is 17.4. The van der Waals surface area contributed by atoms with Gasteiger partial charge in [-0.1, -0.05) is 42.1 Å². The number of aromatic amines is 1. The number of thioether (sulfide) groups is 1. The zero-order valence-corrected chi connectivity index (χ0v) is 15.8. The van der Waals surface area contributed by atoms with Gasteiger partial charge in [0.25, 0.3) is 0 Å². The summed E-state index contributed by atoms with van der Waals surface area (Å²) in [7, 11) is 1.63. The van der Waals surface area contributed by atoms with Crippen LogP contribution < -0.4 is 10.1 Å². The summed E-state index contributed by atoms with van der Waals surface area (Å²) in [6.07, 6.45) is 0. The number of fused-ring (bicyclic) bond motifs is 2. The molecule has 0 fully saturated rings. The predicted molar refractivity (Wildman–Crippen MR) is 111 cm³/mol. The second-order valence-corrected chi connectivity index (χ2v) is 7.57. The van der Waals surface area contributed by atoms with Crippen molar-refractivity contribution in [2.75, 3.05) is 12.4 Å². The van der Waals surface area contributed by atoms with Crippen LogP contribution in [0.4, 0.5) is 5.69 Å². The number of H-pyrrole nitrogens is 1. The number of rotatable bonds is 5. The standard InChI is InChI=1S/C21H19N3O2S/c1-13(27-21-23-18-10-9-17(26-2)12-19(18)24-21)20(25)22-16-8-7-14-5-3-4-6-15(14)11-16/h3-13H,1-2H3,(H,22,25)(H,23,24). The first-order chi connectivity index (χ1) is 13.1. The number of methoxy groups -OCH3 is 1. The molecule has 0 saturated carbocycles. The zero-order chi connectivity index (χ0) is 18.8. The molecule has 4 aromatic rings. The van der Waals surface area contributed by atoms with Crippen LogP contribution in [0.1, 0.15) is 6.92 Å². The molecule has 0 spiro atoms. The molecule has 27 heavy (non-hydrogen) atoms. The topological polar surface area (TPSA) is 67.0 Å². The Balaban J connectivity index is 1.46. The number of anilines is 1. The van der Waals surface area contributed by atoms with Crippen LogP contribution in [0.15, 0.2) is 65.8 Å². The van der Waals surface area contributed by atoms with Gasteiger partial charge in [-0.3, -0.25) is 4.79 Å². The Hall–Kier alpha value is -2.99. The number of hydrogen-bond donors (Lipinski definition) is 2. The number of carbonyl (C=O) groups is 1. The van der Waals surface area contributed by atoms with Crippen molar-refractivity contribution in [2.45, 2.75) is 17.3 Å². The largest absolute Gasteiger partial charge is 0.497 e. The Kier molecular flexibility index (Phi) is 4.73. The highest BCUT2D eigenvalue weighted by Gasteiger charge is 2.17. The highest BCUT2D eigenvalue weighted by atomic mass is 32.2. The van der Waals surface area contributed by atoms with E-state index in [2.05, 4.69) is 21.4 Å². The monoisotopic (exact) mass is 377 g/mol. The molecule has 0 bridgehead atoms. The molecule has 1 atom stereocenters. The maximum atomic E-state index is 12.6. The fourth-order valence-corrected chi connectivity index (χ4v) is 3.70. The minimum Gasteiger partial charge on any atom is -0.497 e. The van der Waals surface area contributed by atoms with Gasteiger partial charge in [-0.05, 0) is 42.0 Å². The van der Waals surface area contributed by atoms with E-state index in [1.54, 1.807) is 7.11 Å². The van der Waals surface area contributed by atoms with Gasteiger partial charge < -0.3 is 15.0 Å². The molecule has 0 saturated heterocycles. The quantitative estimate of drug-likeness (QED) is 0.488. The molecule has 136 valence electrons. The van der Waals surface area contributed by atoms with Crippen LogP contribution in [-0.4, -0.2) is 28.2 Å². The third kappa shape index (κ3) is 3.75. The van der Waals surface area contributed by atoms with E-state index in [9.17, 15) is 4.79 Å². The number of imidazole rings is 1. The maximum Gasteiger partial charge on any atom is 0.237 e. The van der Waals surface area contributed by atoms with Crippen molar-refractivity contribution in [3.05, 3.63) is 60.7 Å². The number of benzene rings is 3. The Morgan fingerprint density at radius 2 is 1.93 bits per heavy atom. The number of ether oxygens (including phenoxy) is 1. The first-order valence-electron chi connectivity index (χ1n) is 8.62. The van der Waals surface area contributed by atoms with Crippen LogP contribution in [0.25, 0.3) is 21.8 Å². The van der Waals surface area contributed by atoms with Gasteiger partial charge in [0.2, 0.25) is 5.91 Å².